The van der Waals surface area contributed by atoms with Gasteiger partial charge in [0.2, 0.25) is 29.4 Å². The van der Waals surface area contributed by atoms with E-state index in [1.807, 2.05) is 31.2 Å². The van der Waals surface area contributed by atoms with E-state index in [1.165, 1.54) is 0 Å². The van der Waals surface area contributed by atoms with Crippen LogP contribution in [0.1, 0.15) is 43.7 Å². The summed E-state index contributed by atoms with van der Waals surface area (Å²) in [5.41, 5.74) is 1.95. The Morgan fingerprint density at radius 3 is 2.43 bits per heavy atom. The number of carbonyl (C=O) groups is 3. The van der Waals surface area contributed by atoms with E-state index in [4.69, 9.17) is 4.52 Å². The van der Waals surface area contributed by atoms with Crippen LogP contribution in [0.25, 0.3) is 11.4 Å². The van der Waals surface area contributed by atoms with Crippen LogP contribution >= 0.6 is 0 Å². The first kappa shape index (κ1) is 19.0. The van der Waals surface area contributed by atoms with Crippen molar-refractivity contribution >= 4 is 17.7 Å². The Morgan fingerprint density at radius 2 is 1.80 bits per heavy atom. The van der Waals surface area contributed by atoms with Gasteiger partial charge in [-0.25, -0.2) is 0 Å². The van der Waals surface area contributed by atoms with Crippen LogP contribution in [0.3, 0.4) is 0 Å². The molecule has 2 aliphatic carbocycles. The quantitative estimate of drug-likeness (QED) is 0.761. The molecular formula is C22H24N4O4. The van der Waals surface area contributed by atoms with Gasteiger partial charge < -0.3 is 9.84 Å². The predicted octanol–water partition coefficient (Wildman–Crippen LogP) is 2.25. The first-order valence-corrected chi connectivity index (χ1v) is 10.5. The van der Waals surface area contributed by atoms with E-state index >= 15 is 0 Å². The van der Waals surface area contributed by atoms with Crippen molar-refractivity contribution in [2.45, 2.75) is 39.2 Å². The predicted molar refractivity (Wildman–Crippen MR) is 106 cm³/mol. The fraction of sp³-hybridized carbons (Fsp3) is 0.500. The van der Waals surface area contributed by atoms with Crippen LogP contribution in [-0.2, 0) is 14.4 Å². The summed E-state index contributed by atoms with van der Waals surface area (Å²) < 4.78 is 5.30. The molecule has 1 aliphatic heterocycles. The van der Waals surface area contributed by atoms with E-state index in [0.717, 1.165) is 35.3 Å². The van der Waals surface area contributed by atoms with Crippen LogP contribution in [0.4, 0.5) is 0 Å². The number of fused-ring (bicyclic) bond motifs is 5. The highest BCUT2D eigenvalue weighted by Crippen LogP contribution is 2.56. The normalized spacial score (nSPS) is 28.1. The Morgan fingerprint density at radius 1 is 1.17 bits per heavy atom. The molecule has 1 aromatic heterocycles. The smallest absolute Gasteiger partial charge is 0.249 e. The molecule has 2 aromatic rings. The average Bonchev–Trinajstić information content (AvgIpc) is 3.49. The maximum absolute atomic E-state index is 12.7. The summed E-state index contributed by atoms with van der Waals surface area (Å²) in [6.45, 7) is 3.47. The van der Waals surface area contributed by atoms with Gasteiger partial charge in [-0.1, -0.05) is 35.0 Å². The largest absolute Gasteiger partial charge is 0.343 e. The highest BCUT2D eigenvalue weighted by molar-refractivity contribution is 6.08. The lowest BCUT2D eigenvalue weighted by Gasteiger charge is -2.19. The van der Waals surface area contributed by atoms with Gasteiger partial charge in [0, 0.05) is 5.56 Å². The number of amides is 3. The van der Waals surface area contributed by atoms with Crippen molar-refractivity contribution in [3.8, 4) is 11.4 Å². The first-order valence-electron chi connectivity index (χ1n) is 10.5. The van der Waals surface area contributed by atoms with Crippen LogP contribution in [-0.4, -0.2) is 39.3 Å². The summed E-state index contributed by atoms with van der Waals surface area (Å²) in [5.74, 6) is 0.130. The molecule has 1 aromatic carbocycles. The van der Waals surface area contributed by atoms with Crippen molar-refractivity contribution in [1.82, 2.24) is 20.4 Å². The van der Waals surface area contributed by atoms with Gasteiger partial charge in [0.1, 0.15) is 12.6 Å². The molecule has 156 valence electrons. The summed E-state index contributed by atoms with van der Waals surface area (Å²) in [6.07, 6.45) is 3.01. The number of aromatic nitrogens is 2. The van der Waals surface area contributed by atoms with Gasteiger partial charge in [-0.15, -0.1) is 0 Å². The van der Waals surface area contributed by atoms with Gasteiger partial charge in [0.15, 0.2) is 0 Å². The number of benzene rings is 1. The number of aryl methyl sites for hydroxylation is 1. The molecule has 8 nitrogen and oxygen atoms in total. The number of likely N-dealkylation sites (tertiary alicyclic amines) is 1. The van der Waals surface area contributed by atoms with Gasteiger partial charge in [-0.3, -0.25) is 19.3 Å². The van der Waals surface area contributed by atoms with Crippen LogP contribution in [0.2, 0.25) is 0 Å². The molecule has 4 unspecified atom stereocenters. The SMILES string of the molecule is Cc1ccc(-c2noc([C@H](C)NC(=O)CN3C(=O)C4C5CCC(C5)C4C3=O)n2)cc1. The van der Waals surface area contributed by atoms with Gasteiger partial charge in [0.05, 0.1) is 11.8 Å². The Kier molecular flexibility index (Phi) is 4.45. The minimum Gasteiger partial charge on any atom is -0.343 e. The molecule has 3 fully saturated rings. The number of hydrogen-bond acceptors (Lipinski definition) is 6. The lowest BCUT2D eigenvalue weighted by molar-refractivity contribution is -0.144. The topological polar surface area (TPSA) is 105 Å². The van der Waals surface area contributed by atoms with Gasteiger partial charge >= 0.3 is 0 Å². The minimum atomic E-state index is -0.535. The van der Waals surface area contributed by atoms with Crippen LogP contribution in [0.15, 0.2) is 28.8 Å². The van der Waals surface area contributed by atoms with Gasteiger partial charge in [-0.2, -0.15) is 4.98 Å². The van der Waals surface area contributed by atoms with E-state index in [9.17, 15) is 14.4 Å². The standard InChI is InChI=1S/C22H24N4O4/c1-11-3-5-13(6-4-11)19-24-20(30-25-19)12(2)23-16(27)10-26-21(28)17-14-7-8-15(9-14)18(17)22(26)29/h3-6,12,14-15,17-18H,7-10H2,1-2H3,(H,23,27)/t12-,14?,15?,17?,18?/m0/s1. The lowest BCUT2D eigenvalue weighted by atomic mass is 9.81. The zero-order valence-corrected chi connectivity index (χ0v) is 17.0. The molecule has 3 amide bonds. The maximum Gasteiger partial charge on any atom is 0.249 e. The van der Waals surface area contributed by atoms with Crippen molar-refractivity contribution < 1.29 is 18.9 Å². The Hall–Kier alpha value is -3.03. The van der Waals surface area contributed by atoms with Crippen LogP contribution in [0, 0.1) is 30.6 Å². The number of nitrogens with zero attached hydrogens (tertiary/aromatic N) is 3. The molecule has 5 atom stereocenters. The molecule has 2 heterocycles. The van der Waals surface area contributed by atoms with E-state index in [0.29, 0.717) is 17.7 Å². The van der Waals surface area contributed by atoms with E-state index in [2.05, 4.69) is 15.5 Å². The maximum atomic E-state index is 12.7. The summed E-state index contributed by atoms with van der Waals surface area (Å²) in [5, 5.41) is 6.74. The van der Waals surface area contributed by atoms with E-state index < -0.39 is 11.9 Å². The minimum absolute atomic E-state index is 0.181. The Labute approximate surface area is 174 Å². The van der Waals surface area contributed by atoms with Crippen molar-refractivity contribution in [3.05, 3.63) is 35.7 Å². The molecule has 3 aliphatic rings. The molecule has 30 heavy (non-hydrogen) atoms. The summed E-state index contributed by atoms with van der Waals surface area (Å²) in [6, 6.07) is 7.20. The number of carbonyl (C=O) groups excluding carboxylic acids is 3. The zero-order chi connectivity index (χ0) is 21.0. The molecule has 5 rings (SSSR count). The summed E-state index contributed by atoms with van der Waals surface area (Å²) in [4.78, 5) is 43.5. The van der Waals surface area contributed by atoms with Gasteiger partial charge in [-0.05, 0) is 44.9 Å². The van der Waals surface area contributed by atoms with Crippen LogP contribution in [0.5, 0.6) is 0 Å². The second-order valence-corrected chi connectivity index (χ2v) is 8.76. The number of imide groups is 1. The molecule has 2 saturated carbocycles. The third kappa shape index (κ3) is 3.02. The number of rotatable bonds is 5. The second-order valence-electron chi connectivity index (χ2n) is 8.76. The highest BCUT2D eigenvalue weighted by atomic mass is 16.5. The molecule has 1 saturated heterocycles. The fourth-order valence-corrected chi connectivity index (χ4v) is 5.35. The monoisotopic (exact) mass is 408 g/mol. The average molecular weight is 408 g/mol. The number of hydrogen-bond donors (Lipinski definition) is 1. The summed E-state index contributed by atoms with van der Waals surface area (Å²) >= 11 is 0. The Balaban J connectivity index is 1.22. The Bertz CT molecular complexity index is 986. The van der Waals surface area contributed by atoms with Crippen molar-refractivity contribution in [2.75, 3.05) is 6.54 Å². The van der Waals surface area contributed by atoms with Crippen LogP contribution < -0.4 is 5.32 Å². The lowest BCUT2D eigenvalue weighted by Crippen LogP contribution is -2.42. The molecular weight excluding hydrogens is 384 g/mol. The van der Waals surface area contributed by atoms with Crippen molar-refractivity contribution in [3.63, 3.8) is 0 Å². The molecule has 2 bridgehead atoms. The summed E-state index contributed by atoms with van der Waals surface area (Å²) in [7, 11) is 0. The number of nitrogens with one attached hydrogen (secondary N) is 1. The third-order valence-electron chi connectivity index (χ3n) is 6.82. The first-order chi connectivity index (χ1) is 14.4. The van der Waals surface area contributed by atoms with Gasteiger partial charge in [0.25, 0.3) is 0 Å². The van der Waals surface area contributed by atoms with E-state index in [1.54, 1.807) is 6.92 Å². The van der Waals surface area contributed by atoms with Crippen molar-refractivity contribution in [2.24, 2.45) is 23.7 Å². The second kappa shape index (κ2) is 7.04. The molecule has 0 spiro atoms. The van der Waals surface area contributed by atoms with E-state index in [-0.39, 0.29) is 36.1 Å². The molecule has 8 heteroatoms. The molecule has 1 N–H and O–H groups in total. The highest BCUT2D eigenvalue weighted by Gasteiger charge is 2.60. The fourth-order valence-electron chi connectivity index (χ4n) is 5.35. The zero-order valence-electron chi connectivity index (χ0n) is 17.0. The molecule has 0 radical (unpaired) electrons. The third-order valence-corrected chi connectivity index (χ3v) is 6.82. The van der Waals surface area contributed by atoms with Crippen molar-refractivity contribution in [1.29, 1.82) is 0 Å².